The van der Waals surface area contributed by atoms with Crippen LogP contribution in [0.1, 0.15) is 30.7 Å². The summed E-state index contributed by atoms with van der Waals surface area (Å²) >= 11 is 14.1. The fourth-order valence-corrected chi connectivity index (χ4v) is 6.57. The van der Waals surface area contributed by atoms with Crippen LogP contribution in [-0.2, 0) is 24.9 Å². The van der Waals surface area contributed by atoms with E-state index in [4.69, 9.17) is 32.9 Å². The highest BCUT2D eigenvalue weighted by molar-refractivity contribution is 6.39. The quantitative estimate of drug-likeness (QED) is 0.139. The predicted octanol–water partition coefficient (Wildman–Crippen LogP) is 5.56. The molecule has 4 heterocycles. The first-order valence-corrected chi connectivity index (χ1v) is 16.5. The van der Waals surface area contributed by atoms with Crippen molar-refractivity contribution in [1.82, 2.24) is 35.1 Å². The zero-order valence-corrected chi connectivity index (χ0v) is 28.2. The molecule has 10 nitrogen and oxygen atoms in total. The van der Waals surface area contributed by atoms with Crippen LogP contribution in [0.2, 0.25) is 10.0 Å². The Morgan fingerprint density at radius 2 is 1.73 bits per heavy atom. The number of hydrogen-bond donors (Lipinski definition) is 3. The van der Waals surface area contributed by atoms with Crippen molar-refractivity contribution in [3.8, 4) is 39.4 Å². The van der Waals surface area contributed by atoms with Gasteiger partial charge in [-0.05, 0) is 31.5 Å². The summed E-state index contributed by atoms with van der Waals surface area (Å²) in [6.07, 6.45) is 3.56. The highest BCUT2D eigenvalue weighted by Crippen LogP contribution is 2.42. The van der Waals surface area contributed by atoms with Gasteiger partial charge in [0.05, 0.1) is 36.1 Å². The van der Waals surface area contributed by atoms with E-state index in [0.29, 0.717) is 72.0 Å². The molecule has 3 N–H and O–H groups in total. The lowest BCUT2D eigenvalue weighted by atomic mass is 9.97. The first kappa shape index (κ1) is 33.6. The van der Waals surface area contributed by atoms with Crippen LogP contribution >= 0.6 is 23.2 Å². The predicted molar refractivity (Wildman–Crippen MR) is 186 cm³/mol. The van der Waals surface area contributed by atoms with E-state index in [1.54, 1.807) is 30.9 Å². The Labute approximate surface area is 287 Å². The molecule has 1 amide bonds. The molecule has 0 aliphatic carbocycles. The number of fused-ring (bicyclic) bond motifs is 1. The largest absolute Gasteiger partial charge is 0.481 e. The van der Waals surface area contributed by atoms with Gasteiger partial charge in [0.15, 0.2) is 0 Å². The van der Waals surface area contributed by atoms with Gasteiger partial charge in [-0.3, -0.25) is 18.5 Å². The van der Waals surface area contributed by atoms with Crippen molar-refractivity contribution in [2.45, 2.75) is 38.4 Å². The third-order valence-electron chi connectivity index (χ3n) is 8.50. The number of carbonyl (C=O) groups is 1. The maximum absolute atomic E-state index is 13.2. The molecule has 0 saturated carbocycles. The van der Waals surface area contributed by atoms with Crippen LogP contribution in [0.5, 0.6) is 5.88 Å². The monoisotopic (exact) mass is 691 g/mol. The van der Waals surface area contributed by atoms with Gasteiger partial charge in [-0.2, -0.15) is 5.10 Å². The minimum Gasteiger partial charge on any atom is -0.481 e. The second-order valence-electron chi connectivity index (χ2n) is 11.7. The molecule has 250 valence electrons. The van der Waals surface area contributed by atoms with Crippen LogP contribution in [0.3, 0.4) is 0 Å². The van der Waals surface area contributed by atoms with E-state index in [9.17, 15) is 14.0 Å². The molecule has 6 rings (SSSR count). The number of aromatic nitrogens is 4. The summed E-state index contributed by atoms with van der Waals surface area (Å²) in [5.41, 5.74) is 5.36. The van der Waals surface area contributed by atoms with Crippen molar-refractivity contribution >= 4 is 34.6 Å². The van der Waals surface area contributed by atoms with Crippen molar-refractivity contribution in [3.63, 3.8) is 0 Å². The highest BCUT2D eigenvalue weighted by atomic mass is 35.5. The fraction of sp³-hybridized carbons (Fsp3) is 0.314. The molecule has 1 unspecified atom stereocenters. The molecule has 1 aliphatic rings. The van der Waals surface area contributed by atoms with E-state index in [2.05, 4.69) is 21.0 Å². The molecule has 1 aliphatic heterocycles. The zero-order valence-electron chi connectivity index (χ0n) is 26.7. The van der Waals surface area contributed by atoms with E-state index in [-0.39, 0.29) is 17.5 Å². The number of benzene rings is 2. The Balaban J connectivity index is 1.27. The summed E-state index contributed by atoms with van der Waals surface area (Å²) < 4.78 is 21.2. The number of nitrogens with one attached hydrogen (secondary N) is 3. The molecule has 1 fully saturated rings. The summed E-state index contributed by atoms with van der Waals surface area (Å²) in [5.74, 6) is 1.10. The molecule has 3 aromatic heterocycles. The average molecular weight is 693 g/mol. The summed E-state index contributed by atoms with van der Waals surface area (Å²) in [6.45, 7) is 1.62. The molecular weight excluding hydrogens is 656 g/mol. The minimum atomic E-state index is -0.407. The lowest BCUT2D eigenvalue weighted by Gasteiger charge is -2.15. The number of hydrogen-bond acceptors (Lipinski definition) is 7. The first-order valence-electron chi connectivity index (χ1n) is 15.8. The maximum Gasteiger partial charge on any atom is 0.277 e. The lowest BCUT2D eigenvalue weighted by molar-refractivity contribution is -0.119. The van der Waals surface area contributed by atoms with Gasteiger partial charge >= 0.3 is 0 Å². The number of alkyl halides is 1. The van der Waals surface area contributed by atoms with Gasteiger partial charge in [-0.1, -0.05) is 65.7 Å². The first-order chi connectivity index (χ1) is 23.3. The molecule has 1 atom stereocenters. The molecule has 5 aromatic rings. The van der Waals surface area contributed by atoms with Crippen LogP contribution in [-0.4, -0.2) is 58.0 Å². The number of halogens is 3. The molecule has 48 heavy (non-hydrogen) atoms. The number of rotatable bonds is 13. The Kier molecular flexibility index (Phi) is 10.4. The number of ether oxygens (including phenoxy) is 1. The summed E-state index contributed by atoms with van der Waals surface area (Å²) in [7, 11) is 3.25. The van der Waals surface area contributed by atoms with Gasteiger partial charge in [0.2, 0.25) is 11.8 Å². The number of carbonyl (C=O) groups excluding carboxylic acids is 1. The molecule has 0 bridgehead atoms. The summed E-state index contributed by atoms with van der Waals surface area (Å²) in [5, 5.41) is 15.1. The van der Waals surface area contributed by atoms with E-state index in [1.807, 2.05) is 48.5 Å². The van der Waals surface area contributed by atoms with Crippen LogP contribution in [0.25, 0.3) is 39.0 Å². The lowest BCUT2D eigenvalue weighted by Crippen LogP contribution is -2.35. The van der Waals surface area contributed by atoms with Gasteiger partial charge in [0.25, 0.3) is 5.56 Å². The molecule has 0 spiro atoms. The van der Waals surface area contributed by atoms with Gasteiger partial charge in [-0.25, -0.2) is 9.50 Å². The Morgan fingerprint density at radius 1 is 1.00 bits per heavy atom. The van der Waals surface area contributed by atoms with E-state index < -0.39 is 6.67 Å². The fourth-order valence-electron chi connectivity index (χ4n) is 5.91. The smallest absolute Gasteiger partial charge is 0.277 e. The van der Waals surface area contributed by atoms with E-state index in [0.717, 1.165) is 39.8 Å². The minimum absolute atomic E-state index is 0.0893. The number of amides is 1. The normalized spacial score (nSPS) is 14.5. The Bertz CT molecular complexity index is 2030. The van der Waals surface area contributed by atoms with Crippen molar-refractivity contribution < 1.29 is 13.9 Å². The topological polar surface area (TPSA) is 115 Å². The zero-order chi connectivity index (χ0) is 33.8. The third kappa shape index (κ3) is 6.95. The average Bonchev–Trinajstić information content (AvgIpc) is 3.71. The second-order valence-corrected chi connectivity index (χ2v) is 12.4. The van der Waals surface area contributed by atoms with Crippen molar-refractivity contribution in [3.05, 3.63) is 92.6 Å². The van der Waals surface area contributed by atoms with Gasteiger partial charge in [0, 0.05) is 72.2 Å². The molecule has 2 aromatic carbocycles. The van der Waals surface area contributed by atoms with Gasteiger partial charge in [-0.15, -0.1) is 0 Å². The van der Waals surface area contributed by atoms with Crippen molar-refractivity contribution in [1.29, 1.82) is 0 Å². The second kappa shape index (κ2) is 14.9. The number of nitrogens with zero attached hydrogens (tertiary/aromatic N) is 4. The number of pyridine rings is 1. The van der Waals surface area contributed by atoms with E-state index >= 15 is 0 Å². The Hall–Kier alpha value is -4.29. The van der Waals surface area contributed by atoms with Crippen LogP contribution in [0.15, 0.2) is 65.6 Å². The molecule has 0 radical (unpaired) electrons. The highest BCUT2D eigenvalue weighted by Gasteiger charge is 2.21. The van der Waals surface area contributed by atoms with Crippen LogP contribution < -0.4 is 26.2 Å². The number of methoxy groups -OCH3 is 1. The van der Waals surface area contributed by atoms with Gasteiger partial charge < -0.3 is 20.7 Å². The van der Waals surface area contributed by atoms with E-state index in [1.165, 1.54) is 4.57 Å². The molecular formula is C35H36Cl2FN7O3. The third-order valence-corrected chi connectivity index (χ3v) is 9.32. The molecule has 1 saturated heterocycles. The maximum atomic E-state index is 13.2. The Morgan fingerprint density at radius 3 is 2.44 bits per heavy atom. The standard InChI is InChI=1S/C35H36Cl2FN7O3/c1-44-30(19-39-15-5-14-38)43-45-20-22(16-29(45)35(44)47)24-6-3-7-25(32(24)36)26-8-4-9-27(33(26)37)28-12-10-21(34(42-28)48-2)17-40-18-23-11-13-31(46)41-23/h3-4,6-10,12,16,20,23,39-40H,5,11,13-15,17-19H2,1-2H3,(H,41,46). The van der Waals surface area contributed by atoms with Crippen molar-refractivity contribution in [2.24, 2.45) is 7.05 Å². The van der Waals surface area contributed by atoms with Crippen LogP contribution in [0, 0.1) is 0 Å². The SMILES string of the molecule is COc1nc(-c2cccc(-c3cccc(-c4cc5c(=O)n(C)c(CNCCCF)nn5c4)c3Cl)c2Cl)ccc1CNCC1CCC(=O)N1. The molecule has 13 heteroatoms. The summed E-state index contributed by atoms with van der Waals surface area (Å²) in [4.78, 5) is 29.5. The van der Waals surface area contributed by atoms with Crippen molar-refractivity contribution in [2.75, 3.05) is 26.9 Å². The van der Waals surface area contributed by atoms with Crippen LogP contribution in [0.4, 0.5) is 4.39 Å². The van der Waals surface area contributed by atoms with Gasteiger partial charge in [0.1, 0.15) is 11.3 Å². The summed E-state index contributed by atoms with van der Waals surface area (Å²) in [6, 6.07) is 17.2.